The number of nitrogens with zero attached hydrogens (tertiary/aromatic N) is 2. The van der Waals surface area contributed by atoms with Crippen LogP contribution in [0.3, 0.4) is 0 Å². The number of aliphatic carboxylic acids is 1. The third-order valence-electron chi connectivity index (χ3n) is 1.93. The Labute approximate surface area is 112 Å². The van der Waals surface area contributed by atoms with Crippen LogP contribution in [0.1, 0.15) is 0 Å². The lowest BCUT2D eigenvalue weighted by Gasteiger charge is -2.19. The summed E-state index contributed by atoms with van der Waals surface area (Å²) in [4.78, 5) is 16.5. The Bertz CT molecular complexity index is 488. The summed E-state index contributed by atoms with van der Waals surface area (Å²) in [6.07, 6.45) is 2.92. The van der Waals surface area contributed by atoms with Gasteiger partial charge in [-0.05, 0) is 18.2 Å². The fourth-order valence-corrected chi connectivity index (χ4v) is 1.65. The molecule has 0 fully saturated rings. The topological polar surface area (TPSA) is 53.4 Å². The number of likely N-dealkylation sites (N-methyl/N-ethyl adjacent to an activating group) is 1. The molecule has 0 radical (unpaired) electrons. The van der Waals surface area contributed by atoms with E-state index in [2.05, 4.69) is 27.5 Å². The van der Waals surface area contributed by atoms with Crippen LogP contribution in [0, 0.1) is 0 Å². The molecular formula is C11H10BrClN2O2. The average molecular weight is 318 g/mol. The van der Waals surface area contributed by atoms with Crippen molar-refractivity contribution in [1.29, 1.82) is 0 Å². The Morgan fingerprint density at radius 3 is 2.82 bits per heavy atom. The SMILES string of the molecule is C=C(Br)/C=C(/C(=O)O)N(C)c1ncccc1Cl. The van der Waals surface area contributed by atoms with Gasteiger partial charge in [-0.2, -0.15) is 0 Å². The third kappa shape index (κ3) is 3.57. The summed E-state index contributed by atoms with van der Waals surface area (Å²) in [6.45, 7) is 3.57. The fraction of sp³-hybridized carbons (Fsp3) is 0.0909. The Morgan fingerprint density at radius 1 is 1.71 bits per heavy atom. The van der Waals surface area contributed by atoms with Crippen LogP contribution in [-0.2, 0) is 4.79 Å². The van der Waals surface area contributed by atoms with Gasteiger partial charge >= 0.3 is 5.97 Å². The predicted octanol–water partition coefficient (Wildman–Crippen LogP) is 3.05. The Morgan fingerprint density at radius 2 is 2.35 bits per heavy atom. The normalized spacial score (nSPS) is 11.1. The second kappa shape index (κ2) is 5.84. The van der Waals surface area contributed by atoms with Crippen LogP contribution in [0.25, 0.3) is 0 Å². The van der Waals surface area contributed by atoms with Gasteiger partial charge in [0, 0.05) is 17.7 Å². The lowest BCUT2D eigenvalue weighted by atomic mass is 10.3. The van der Waals surface area contributed by atoms with Gasteiger partial charge in [-0.25, -0.2) is 9.78 Å². The van der Waals surface area contributed by atoms with E-state index in [1.54, 1.807) is 25.4 Å². The summed E-state index contributed by atoms with van der Waals surface area (Å²) >= 11 is 9.03. The molecule has 0 bridgehead atoms. The highest BCUT2D eigenvalue weighted by Crippen LogP contribution is 2.25. The number of allylic oxidation sites excluding steroid dienone is 2. The maximum atomic E-state index is 11.1. The molecule has 6 heteroatoms. The van der Waals surface area contributed by atoms with E-state index in [-0.39, 0.29) is 5.70 Å². The number of carbonyl (C=O) groups is 1. The minimum absolute atomic E-state index is 0.0208. The zero-order chi connectivity index (χ0) is 13.0. The molecule has 0 saturated carbocycles. The van der Waals surface area contributed by atoms with Crippen LogP contribution in [0.2, 0.25) is 5.02 Å². The van der Waals surface area contributed by atoms with Gasteiger partial charge in [0.1, 0.15) is 5.70 Å². The Balaban J connectivity index is 3.18. The first-order chi connectivity index (χ1) is 7.93. The molecule has 0 aliphatic heterocycles. The molecule has 1 aromatic heterocycles. The van der Waals surface area contributed by atoms with E-state index in [4.69, 9.17) is 16.7 Å². The number of halogens is 2. The first-order valence-corrected chi connectivity index (χ1v) is 5.74. The largest absolute Gasteiger partial charge is 0.477 e. The average Bonchev–Trinajstić information content (AvgIpc) is 2.25. The zero-order valence-electron chi connectivity index (χ0n) is 9.02. The number of carboxylic acids is 1. The van der Waals surface area contributed by atoms with Gasteiger partial charge in [-0.15, -0.1) is 0 Å². The standard InChI is InChI=1S/C11H10BrClN2O2/c1-7(12)6-9(11(16)17)15(2)10-8(13)4-3-5-14-10/h3-6H,1H2,2H3,(H,16,17)/b9-6-. The molecular weight excluding hydrogens is 307 g/mol. The minimum atomic E-state index is -1.09. The van der Waals surface area contributed by atoms with Crippen molar-refractivity contribution in [1.82, 2.24) is 4.98 Å². The summed E-state index contributed by atoms with van der Waals surface area (Å²) < 4.78 is 0.453. The quantitative estimate of drug-likeness (QED) is 0.685. The molecule has 1 N–H and O–H groups in total. The van der Waals surface area contributed by atoms with Crippen molar-refractivity contribution < 1.29 is 9.90 Å². The van der Waals surface area contributed by atoms with E-state index in [1.807, 2.05) is 0 Å². The number of aromatic nitrogens is 1. The molecule has 0 aliphatic carbocycles. The van der Waals surface area contributed by atoms with Gasteiger partial charge in [0.15, 0.2) is 5.82 Å². The Hall–Kier alpha value is -1.33. The van der Waals surface area contributed by atoms with Gasteiger partial charge in [0.25, 0.3) is 0 Å². The summed E-state index contributed by atoms with van der Waals surface area (Å²) in [5.41, 5.74) is 0.0208. The lowest BCUT2D eigenvalue weighted by molar-refractivity contribution is -0.132. The van der Waals surface area contributed by atoms with Crippen molar-refractivity contribution in [2.45, 2.75) is 0 Å². The lowest BCUT2D eigenvalue weighted by Crippen LogP contribution is -2.24. The van der Waals surface area contributed by atoms with Gasteiger partial charge in [0.2, 0.25) is 0 Å². The number of hydrogen-bond donors (Lipinski definition) is 1. The molecule has 90 valence electrons. The summed E-state index contributed by atoms with van der Waals surface area (Å²) in [6, 6.07) is 3.32. The molecule has 0 saturated heterocycles. The molecule has 1 heterocycles. The molecule has 1 rings (SSSR count). The summed E-state index contributed by atoms with van der Waals surface area (Å²) in [7, 11) is 1.57. The summed E-state index contributed by atoms with van der Waals surface area (Å²) in [5.74, 6) is -0.716. The van der Waals surface area contributed by atoms with Crippen molar-refractivity contribution >= 4 is 39.3 Å². The molecule has 1 aromatic rings. The smallest absolute Gasteiger partial charge is 0.352 e. The third-order valence-corrected chi connectivity index (χ3v) is 2.45. The second-order valence-corrected chi connectivity index (χ2v) is 4.58. The van der Waals surface area contributed by atoms with E-state index < -0.39 is 5.97 Å². The first-order valence-electron chi connectivity index (χ1n) is 4.57. The van der Waals surface area contributed by atoms with Crippen molar-refractivity contribution in [2.75, 3.05) is 11.9 Å². The second-order valence-electron chi connectivity index (χ2n) is 3.15. The van der Waals surface area contributed by atoms with Crippen LogP contribution in [0.4, 0.5) is 5.82 Å². The number of anilines is 1. The van der Waals surface area contributed by atoms with Crippen molar-refractivity contribution in [2.24, 2.45) is 0 Å². The zero-order valence-corrected chi connectivity index (χ0v) is 11.4. The highest BCUT2D eigenvalue weighted by Gasteiger charge is 2.17. The van der Waals surface area contributed by atoms with Crippen molar-refractivity contribution in [3.05, 3.63) is 46.2 Å². The molecule has 0 amide bonds. The number of rotatable bonds is 4. The van der Waals surface area contributed by atoms with Crippen LogP contribution in [0.5, 0.6) is 0 Å². The number of carboxylic acid groups (broad SMARTS) is 1. The van der Waals surface area contributed by atoms with Gasteiger partial charge in [-0.1, -0.05) is 34.1 Å². The van der Waals surface area contributed by atoms with E-state index in [0.717, 1.165) is 0 Å². The number of pyridine rings is 1. The summed E-state index contributed by atoms with van der Waals surface area (Å²) in [5, 5.41) is 9.48. The highest BCUT2D eigenvalue weighted by atomic mass is 79.9. The molecule has 0 aliphatic rings. The van der Waals surface area contributed by atoms with Gasteiger partial charge in [-0.3, -0.25) is 0 Å². The fourth-order valence-electron chi connectivity index (χ4n) is 1.19. The predicted molar refractivity (Wildman–Crippen MR) is 71.4 cm³/mol. The maximum absolute atomic E-state index is 11.1. The van der Waals surface area contributed by atoms with Crippen LogP contribution in [0.15, 0.2) is 41.2 Å². The minimum Gasteiger partial charge on any atom is -0.477 e. The maximum Gasteiger partial charge on any atom is 0.352 e. The van der Waals surface area contributed by atoms with Crippen LogP contribution < -0.4 is 4.90 Å². The van der Waals surface area contributed by atoms with Gasteiger partial charge in [0.05, 0.1) is 5.02 Å². The van der Waals surface area contributed by atoms with E-state index in [0.29, 0.717) is 15.3 Å². The van der Waals surface area contributed by atoms with Crippen molar-refractivity contribution in [3.63, 3.8) is 0 Å². The first kappa shape index (κ1) is 13.7. The van der Waals surface area contributed by atoms with Crippen LogP contribution >= 0.6 is 27.5 Å². The molecule has 0 spiro atoms. The van der Waals surface area contributed by atoms with Crippen molar-refractivity contribution in [3.8, 4) is 0 Å². The number of hydrogen-bond acceptors (Lipinski definition) is 3. The van der Waals surface area contributed by atoms with E-state index >= 15 is 0 Å². The van der Waals surface area contributed by atoms with Gasteiger partial charge < -0.3 is 10.0 Å². The van der Waals surface area contributed by atoms with Crippen LogP contribution in [-0.4, -0.2) is 23.1 Å². The molecule has 17 heavy (non-hydrogen) atoms. The molecule has 0 atom stereocenters. The monoisotopic (exact) mass is 316 g/mol. The molecule has 0 unspecified atom stereocenters. The molecule has 4 nitrogen and oxygen atoms in total. The Kier molecular flexibility index (Phi) is 4.72. The highest BCUT2D eigenvalue weighted by molar-refractivity contribution is 9.11. The molecule has 0 aromatic carbocycles. The van der Waals surface area contributed by atoms with E-state index in [9.17, 15) is 4.79 Å². The van der Waals surface area contributed by atoms with E-state index in [1.165, 1.54) is 11.0 Å².